The molecular formula is C26H24F3N5O. The van der Waals surface area contributed by atoms with E-state index < -0.39 is 24.4 Å². The molecule has 3 aromatic carbocycles. The van der Waals surface area contributed by atoms with Crippen molar-refractivity contribution in [1.29, 1.82) is 5.41 Å². The van der Waals surface area contributed by atoms with Crippen LogP contribution in [0.25, 0.3) is 22.2 Å². The summed E-state index contributed by atoms with van der Waals surface area (Å²) in [4.78, 5) is 20.3. The number of amidine groups is 1. The minimum absolute atomic E-state index is 0.223. The number of aromatic nitrogens is 2. The van der Waals surface area contributed by atoms with Gasteiger partial charge in [-0.25, -0.2) is 18.2 Å². The lowest BCUT2D eigenvalue weighted by molar-refractivity contribution is 0.0932. The molecule has 0 fully saturated rings. The molecule has 4 rings (SSSR count). The van der Waals surface area contributed by atoms with Crippen molar-refractivity contribution in [2.75, 3.05) is 13.2 Å². The Balaban J connectivity index is 1.52. The Morgan fingerprint density at radius 1 is 1.00 bits per heavy atom. The van der Waals surface area contributed by atoms with Crippen molar-refractivity contribution < 1.29 is 18.0 Å². The molecule has 0 aliphatic rings. The van der Waals surface area contributed by atoms with Gasteiger partial charge in [0.2, 0.25) is 0 Å². The van der Waals surface area contributed by atoms with E-state index in [1.807, 2.05) is 42.5 Å². The van der Waals surface area contributed by atoms with Gasteiger partial charge in [-0.2, -0.15) is 0 Å². The van der Waals surface area contributed by atoms with Crippen LogP contribution in [-0.4, -0.2) is 34.9 Å². The molecule has 180 valence electrons. The van der Waals surface area contributed by atoms with Gasteiger partial charge in [0.05, 0.1) is 17.1 Å². The number of aromatic amines is 1. The summed E-state index contributed by atoms with van der Waals surface area (Å²) in [6, 6.07) is 18.4. The summed E-state index contributed by atoms with van der Waals surface area (Å²) in [7, 11) is 0. The number of hydrogen-bond acceptors (Lipinski definition) is 3. The van der Waals surface area contributed by atoms with Gasteiger partial charge in [-0.15, -0.1) is 0 Å². The summed E-state index contributed by atoms with van der Waals surface area (Å²) in [5.74, 6) is -2.22. The van der Waals surface area contributed by atoms with E-state index in [1.165, 1.54) is 0 Å². The molecule has 9 heteroatoms. The maximum absolute atomic E-state index is 13.7. The monoisotopic (exact) mass is 479 g/mol. The molecule has 0 aliphatic heterocycles. The van der Waals surface area contributed by atoms with Crippen LogP contribution in [0, 0.1) is 17.0 Å². The third kappa shape index (κ3) is 5.87. The molecule has 1 unspecified atom stereocenters. The highest BCUT2D eigenvalue weighted by molar-refractivity contribution is 5.95. The molecule has 0 aliphatic carbocycles. The highest BCUT2D eigenvalue weighted by Crippen LogP contribution is 2.23. The average Bonchev–Trinajstić information content (AvgIpc) is 3.28. The van der Waals surface area contributed by atoms with Crippen molar-refractivity contribution in [3.05, 3.63) is 89.8 Å². The van der Waals surface area contributed by atoms with Crippen LogP contribution < -0.4 is 10.6 Å². The Labute approximate surface area is 200 Å². The summed E-state index contributed by atoms with van der Waals surface area (Å²) in [6.45, 7) is -0.565. The first-order valence-corrected chi connectivity index (χ1v) is 11.1. The molecule has 0 spiro atoms. The van der Waals surface area contributed by atoms with Crippen molar-refractivity contribution in [1.82, 2.24) is 20.6 Å². The molecule has 1 amide bonds. The van der Waals surface area contributed by atoms with E-state index in [0.29, 0.717) is 36.3 Å². The van der Waals surface area contributed by atoms with Crippen molar-refractivity contribution in [3.63, 3.8) is 0 Å². The molecule has 4 aromatic rings. The maximum Gasteiger partial charge on any atom is 0.251 e. The number of amides is 1. The number of halogens is 3. The molecule has 1 atom stereocenters. The first-order chi connectivity index (χ1) is 16.9. The summed E-state index contributed by atoms with van der Waals surface area (Å²) >= 11 is 0. The lowest BCUT2D eigenvalue weighted by Gasteiger charge is -2.17. The number of hydrogen-bond donors (Lipinski definition) is 4. The van der Waals surface area contributed by atoms with Crippen LogP contribution in [0.3, 0.4) is 0 Å². The lowest BCUT2D eigenvalue weighted by atomic mass is 10.0. The molecular weight excluding hydrogens is 455 g/mol. The minimum atomic E-state index is -1.01. The second-order valence-corrected chi connectivity index (χ2v) is 8.06. The number of H-pyrrole nitrogens is 1. The van der Waals surface area contributed by atoms with Crippen LogP contribution in [0.2, 0.25) is 0 Å². The van der Waals surface area contributed by atoms with Crippen LogP contribution in [0.15, 0.2) is 66.7 Å². The lowest BCUT2D eigenvalue weighted by Crippen LogP contribution is -2.31. The smallest absolute Gasteiger partial charge is 0.251 e. The van der Waals surface area contributed by atoms with E-state index in [9.17, 15) is 18.0 Å². The molecule has 0 saturated carbocycles. The van der Waals surface area contributed by atoms with E-state index >= 15 is 0 Å². The summed E-state index contributed by atoms with van der Waals surface area (Å²) in [5, 5.41) is 12.9. The van der Waals surface area contributed by atoms with Gasteiger partial charge in [0.15, 0.2) is 11.6 Å². The van der Waals surface area contributed by atoms with E-state index in [4.69, 9.17) is 5.41 Å². The number of nitrogens with zero attached hydrogens (tertiary/aromatic N) is 1. The zero-order valence-corrected chi connectivity index (χ0v) is 18.7. The maximum atomic E-state index is 13.7. The second-order valence-electron chi connectivity index (χ2n) is 8.06. The highest BCUT2D eigenvalue weighted by atomic mass is 19.2. The fraction of sp³-hybridized carbons (Fsp3) is 0.192. The fourth-order valence-corrected chi connectivity index (χ4v) is 3.75. The van der Waals surface area contributed by atoms with Crippen molar-refractivity contribution in [2.24, 2.45) is 0 Å². The second kappa shape index (κ2) is 10.9. The Hall–Kier alpha value is -4.14. The number of carbonyl (C=O) groups excluding carboxylic acids is 1. The molecule has 1 aromatic heterocycles. The quantitative estimate of drug-likeness (QED) is 0.149. The van der Waals surface area contributed by atoms with Crippen molar-refractivity contribution in [2.45, 2.75) is 18.9 Å². The van der Waals surface area contributed by atoms with Crippen LogP contribution in [0.4, 0.5) is 13.2 Å². The number of carbonyl (C=O) groups is 1. The van der Waals surface area contributed by atoms with Crippen molar-refractivity contribution in [3.8, 4) is 11.1 Å². The van der Waals surface area contributed by atoms with Gasteiger partial charge < -0.3 is 15.6 Å². The Morgan fingerprint density at radius 2 is 1.69 bits per heavy atom. The van der Waals surface area contributed by atoms with E-state index in [2.05, 4.69) is 20.6 Å². The topological polar surface area (TPSA) is 93.7 Å². The average molecular weight is 480 g/mol. The molecule has 35 heavy (non-hydrogen) atoms. The number of nitrogens with one attached hydrogen (secondary N) is 4. The molecule has 0 bridgehead atoms. The van der Waals surface area contributed by atoms with Crippen LogP contribution >= 0.6 is 0 Å². The number of benzene rings is 3. The molecule has 0 radical (unpaired) electrons. The third-order valence-electron chi connectivity index (χ3n) is 5.57. The van der Waals surface area contributed by atoms with Gasteiger partial charge in [0.1, 0.15) is 18.3 Å². The summed E-state index contributed by atoms with van der Waals surface area (Å²) in [6.07, 6.45) is 0.880. The van der Waals surface area contributed by atoms with E-state index in [1.54, 1.807) is 12.1 Å². The summed E-state index contributed by atoms with van der Waals surface area (Å²) in [5.41, 5.74) is 3.00. The van der Waals surface area contributed by atoms with Gasteiger partial charge in [-0.1, -0.05) is 42.5 Å². The van der Waals surface area contributed by atoms with Gasteiger partial charge >= 0.3 is 0 Å². The Bertz CT molecular complexity index is 1280. The standard InChI is InChI=1S/C26H24F3N5O/c27-15-24(30)31-12-4-7-21(25-32-22-13-19(28)20(29)14-23(22)33-25)34-26(35)18-10-8-17(9-11-18)16-5-2-1-3-6-16/h1-3,5-6,8-11,13-14,21H,4,7,12,15H2,(H2,30,31)(H,32,33)(H,34,35). The zero-order valence-electron chi connectivity index (χ0n) is 18.7. The predicted octanol–water partition coefficient (Wildman–Crippen LogP) is 5.30. The molecule has 6 nitrogen and oxygen atoms in total. The van der Waals surface area contributed by atoms with Crippen LogP contribution in [-0.2, 0) is 0 Å². The highest BCUT2D eigenvalue weighted by Gasteiger charge is 2.20. The number of imidazole rings is 1. The van der Waals surface area contributed by atoms with Gasteiger partial charge in [-0.05, 0) is 36.1 Å². The first kappa shape index (κ1) is 24.0. The Kier molecular flexibility index (Phi) is 7.45. The largest absolute Gasteiger partial charge is 0.372 e. The molecule has 1 heterocycles. The Morgan fingerprint density at radius 3 is 2.40 bits per heavy atom. The molecule has 0 saturated heterocycles. The van der Waals surface area contributed by atoms with Gasteiger partial charge in [0, 0.05) is 24.2 Å². The molecule has 4 N–H and O–H groups in total. The number of alkyl halides is 1. The third-order valence-corrected chi connectivity index (χ3v) is 5.57. The van der Waals surface area contributed by atoms with E-state index in [0.717, 1.165) is 23.3 Å². The normalized spacial score (nSPS) is 11.9. The van der Waals surface area contributed by atoms with E-state index in [-0.39, 0.29) is 17.3 Å². The summed E-state index contributed by atoms with van der Waals surface area (Å²) < 4.78 is 39.8. The van der Waals surface area contributed by atoms with Crippen molar-refractivity contribution >= 4 is 22.8 Å². The van der Waals surface area contributed by atoms with Crippen LogP contribution in [0.5, 0.6) is 0 Å². The number of fused-ring (bicyclic) bond motifs is 1. The predicted molar refractivity (Wildman–Crippen MR) is 129 cm³/mol. The minimum Gasteiger partial charge on any atom is -0.372 e. The first-order valence-electron chi connectivity index (χ1n) is 11.1. The zero-order chi connectivity index (χ0) is 24.8. The van der Waals surface area contributed by atoms with Gasteiger partial charge in [0.25, 0.3) is 5.91 Å². The SMILES string of the molecule is N=C(CF)NCCCC(NC(=O)c1ccc(-c2ccccc2)cc1)c1nc2cc(F)c(F)cc2[nH]1. The number of rotatable bonds is 9. The van der Waals surface area contributed by atoms with Gasteiger partial charge in [-0.3, -0.25) is 10.2 Å². The van der Waals surface area contributed by atoms with Crippen LogP contribution in [0.1, 0.15) is 35.1 Å². The fourth-order valence-electron chi connectivity index (χ4n) is 3.75.